The standard InChI is InChI=1S/C14H23N3O2/c1-2-13-12(4-11-19-13)14(18)17-9-7-16(8-10-17)6-3-5-15/h4,11H,2-3,5-10,15H2,1H3. The Balaban J connectivity index is 1.89. The zero-order valence-corrected chi connectivity index (χ0v) is 11.6. The van der Waals surface area contributed by atoms with Crippen molar-refractivity contribution < 1.29 is 9.21 Å². The molecular weight excluding hydrogens is 242 g/mol. The summed E-state index contributed by atoms with van der Waals surface area (Å²) >= 11 is 0. The largest absolute Gasteiger partial charge is 0.469 e. The van der Waals surface area contributed by atoms with Gasteiger partial charge in [0.15, 0.2) is 0 Å². The van der Waals surface area contributed by atoms with E-state index in [1.165, 1.54) is 0 Å². The molecule has 2 rings (SSSR count). The first kappa shape index (κ1) is 14.1. The van der Waals surface area contributed by atoms with Crippen LogP contribution in [0.3, 0.4) is 0 Å². The highest BCUT2D eigenvalue weighted by Gasteiger charge is 2.24. The van der Waals surface area contributed by atoms with Gasteiger partial charge in [0, 0.05) is 32.6 Å². The summed E-state index contributed by atoms with van der Waals surface area (Å²) in [5.74, 6) is 0.889. The molecule has 2 heterocycles. The Morgan fingerprint density at radius 2 is 2.11 bits per heavy atom. The number of nitrogens with zero attached hydrogens (tertiary/aromatic N) is 2. The van der Waals surface area contributed by atoms with Gasteiger partial charge in [0.25, 0.3) is 5.91 Å². The van der Waals surface area contributed by atoms with Crippen molar-refractivity contribution in [1.82, 2.24) is 9.80 Å². The van der Waals surface area contributed by atoms with Crippen LogP contribution in [-0.4, -0.2) is 55.0 Å². The zero-order chi connectivity index (χ0) is 13.7. The molecule has 0 atom stereocenters. The molecule has 1 aromatic rings. The first-order valence-electron chi connectivity index (χ1n) is 7.04. The molecule has 0 spiro atoms. The van der Waals surface area contributed by atoms with E-state index in [0.29, 0.717) is 0 Å². The van der Waals surface area contributed by atoms with Crippen LogP contribution in [0.1, 0.15) is 29.5 Å². The number of amides is 1. The number of hydrogen-bond acceptors (Lipinski definition) is 4. The average Bonchev–Trinajstić information content (AvgIpc) is 2.93. The fourth-order valence-corrected chi connectivity index (χ4v) is 2.46. The third-order valence-corrected chi connectivity index (χ3v) is 3.63. The first-order chi connectivity index (χ1) is 9.26. The molecule has 1 fully saturated rings. The quantitative estimate of drug-likeness (QED) is 0.861. The molecule has 0 unspecified atom stereocenters. The fraction of sp³-hybridized carbons (Fsp3) is 0.643. The van der Waals surface area contributed by atoms with Crippen LogP contribution in [0, 0.1) is 0 Å². The number of furan rings is 1. The van der Waals surface area contributed by atoms with Crippen LogP contribution in [0.5, 0.6) is 0 Å². The minimum absolute atomic E-state index is 0.101. The lowest BCUT2D eigenvalue weighted by Crippen LogP contribution is -2.49. The molecular formula is C14H23N3O2. The Bertz CT molecular complexity index is 409. The van der Waals surface area contributed by atoms with Crippen molar-refractivity contribution in [3.05, 3.63) is 23.7 Å². The number of aryl methyl sites for hydroxylation is 1. The van der Waals surface area contributed by atoms with E-state index >= 15 is 0 Å². The third kappa shape index (κ3) is 3.36. The van der Waals surface area contributed by atoms with Gasteiger partial charge < -0.3 is 15.1 Å². The summed E-state index contributed by atoms with van der Waals surface area (Å²) in [5.41, 5.74) is 6.24. The van der Waals surface area contributed by atoms with E-state index in [1.807, 2.05) is 11.8 Å². The molecule has 1 aliphatic rings. The summed E-state index contributed by atoms with van der Waals surface area (Å²) < 4.78 is 5.33. The zero-order valence-electron chi connectivity index (χ0n) is 11.6. The van der Waals surface area contributed by atoms with Gasteiger partial charge in [-0.2, -0.15) is 0 Å². The van der Waals surface area contributed by atoms with Crippen LogP contribution in [0.25, 0.3) is 0 Å². The predicted octanol–water partition coefficient (Wildman–Crippen LogP) is 0.949. The fourth-order valence-electron chi connectivity index (χ4n) is 2.46. The van der Waals surface area contributed by atoms with Gasteiger partial charge in [0.2, 0.25) is 0 Å². The van der Waals surface area contributed by atoms with Crippen LogP contribution >= 0.6 is 0 Å². The van der Waals surface area contributed by atoms with Gasteiger partial charge in [0.1, 0.15) is 5.76 Å². The van der Waals surface area contributed by atoms with Crippen molar-refractivity contribution >= 4 is 5.91 Å². The second kappa shape index (κ2) is 6.73. The highest BCUT2D eigenvalue weighted by molar-refractivity contribution is 5.95. The summed E-state index contributed by atoms with van der Waals surface area (Å²) in [7, 11) is 0. The van der Waals surface area contributed by atoms with Crippen molar-refractivity contribution in [2.75, 3.05) is 39.3 Å². The lowest BCUT2D eigenvalue weighted by Gasteiger charge is -2.34. The smallest absolute Gasteiger partial charge is 0.257 e. The number of piperazine rings is 1. The summed E-state index contributed by atoms with van der Waals surface area (Å²) in [6.07, 6.45) is 3.38. The van der Waals surface area contributed by atoms with E-state index in [0.717, 1.165) is 63.4 Å². The van der Waals surface area contributed by atoms with Crippen LogP contribution in [0.2, 0.25) is 0 Å². The highest BCUT2D eigenvalue weighted by atomic mass is 16.3. The Hall–Kier alpha value is -1.33. The van der Waals surface area contributed by atoms with Gasteiger partial charge in [-0.25, -0.2) is 0 Å². The maximum atomic E-state index is 12.4. The molecule has 19 heavy (non-hydrogen) atoms. The van der Waals surface area contributed by atoms with Gasteiger partial charge in [-0.05, 0) is 25.6 Å². The minimum Gasteiger partial charge on any atom is -0.469 e. The summed E-state index contributed by atoms with van der Waals surface area (Å²) in [5, 5.41) is 0. The van der Waals surface area contributed by atoms with E-state index < -0.39 is 0 Å². The molecule has 0 aromatic carbocycles. The van der Waals surface area contributed by atoms with Crippen LogP contribution in [0.4, 0.5) is 0 Å². The van der Waals surface area contributed by atoms with Gasteiger partial charge in [-0.1, -0.05) is 6.92 Å². The topological polar surface area (TPSA) is 62.7 Å². The molecule has 0 aliphatic carbocycles. The molecule has 1 saturated heterocycles. The number of carbonyl (C=O) groups excluding carboxylic acids is 1. The normalized spacial score (nSPS) is 16.8. The molecule has 0 bridgehead atoms. The minimum atomic E-state index is 0.101. The molecule has 106 valence electrons. The molecule has 0 radical (unpaired) electrons. The molecule has 5 heteroatoms. The molecule has 1 amide bonds. The second-order valence-corrected chi connectivity index (χ2v) is 4.89. The van der Waals surface area contributed by atoms with E-state index in [9.17, 15) is 4.79 Å². The molecule has 0 saturated carbocycles. The highest BCUT2D eigenvalue weighted by Crippen LogP contribution is 2.15. The Kier molecular flexibility index (Phi) is 4.99. The van der Waals surface area contributed by atoms with Gasteiger partial charge in [-0.15, -0.1) is 0 Å². The average molecular weight is 265 g/mol. The van der Waals surface area contributed by atoms with Crippen molar-refractivity contribution in [2.45, 2.75) is 19.8 Å². The maximum Gasteiger partial charge on any atom is 0.257 e. The Labute approximate surface area is 114 Å². The Morgan fingerprint density at radius 3 is 2.74 bits per heavy atom. The second-order valence-electron chi connectivity index (χ2n) is 4.89. The number of nitrogens with two attached hydrogens (primary N) is 1. The molecule has 5 nitrogen and oxygen atoms in total. The number of hydrogen-bond donors (Lipinski definition) is 1. The Morgan fingerprint density at radius 1 is 1.37 bits per heavy atom. The van der Waals surface area contributed by atoms with E-state index in [2.05, 4.69) is 4.90 Å². The van der Waals surface area contributed by atoms with Gasteiger partial charge in [0.05, 0.1) is 11.8 Å². The maximum absolute atomic E-state index is 12.4. The van der Waals surface area contributed by atoms with Gasteiger partial charge in [-0.3, -0.25) is 9.69 Å². The monoisotopic (exact) mass is 265 g/mol. The van der Waals surface area contributed by atoms with Crippen molar-refractivity contribution in [3.63, 3.8) is 0 Å². The lowest BCUT2D eigenvalue weighted by atomic mass is 10.1. The lowest BCUT2D eigenvalue weighted by molar-refractivity contribution is 0.0634. The predicted molar refractivity (Wildman–Crippen MR) is 74.1 cm³/mol. The SMILES string of the molecule is CCc1occc1C(=O)N1CCN(CCCN)CC1. The third-order valence-electron chi connectivity index (χ3n) is 3.63. The van der Waals surface area contributed by atoms with E-state index in [1.54, 1.807) is 12.3 Å². The number of carbonyl (C=O) groups is 1. The summed E-state index contributed by atoms with van der Waals surface area (Å²) in [6.45, 7) is 7.21. The number of rotatable bonds is 5. The van der Waals surface area contributed by atoms with Crippen molar-refractivity contribution in [2.24, 2.45) is 5.73 Å². The van der Waals surface area contributed by atoms with Crippen molar-refractivity contribution in [3.8, 4) is 0 Å². The van der Waals surface area contributed by atoms with E-state index in [-0.39, 0.29) is 5.91 Å². The first-order valence-corrected chi connectivity index (χ1v) is 7.04. The van der Waals surface area contributed by atoms with Gasteiger partial charge >= 0.3 is 0 Å². The summed E-state index contributed by atoms with van der Waals surface area (Å²) in [6, 6.07) is 1.78. The van der Waals surface area contributed by atoms with Crippen molar-refractivity contribution in [1.29, 1.82) is 0 Å². The summed E-state index contributed by atoms with van der Waals surface area (Å²) in [4.78, 5) is 16.7. The molecule has 2 N–H and O–H groups in total. The van der Waals surface area contributed by atoms with Crippen LogP contribution in [0.15, 0.2) is 16.7 Å². The van der Waals surface area contributed by atoms with Crippen LogP contribution < -0.4 is 5.73 Å². The van der Waals surface area contributed by atoms with E-state index in [4.69, 9.17) is 10.2 Å². The molecule has 1 aromatic heterocycles. The van der Waals surface area contributed by atoms with Crippen LogP contribution in [-0.2, 0) is 6.42 Å². The molecule has 1 aliphatic heterocycles.